The molecule has 3 rings (SSSR count). The molecule has 1 aliphatic rings. The molecule has 1 aliphatic heterocycles. The lowest BCUT2D eigenvalue weighted by molar-refractivity contribution is -0.128. The number of carbonyl (C=O) groups excluding carboxylic acids is 1. The first kappa shape index (κ1) is 25.0. The summed E-state index contributed by atoms with van der Waals surface area (Å²) >= 11 is 0. The van der Waals surface area contributed by atoms with E-state index in [0.717, 1.165) is 42.3 Å². The molecule has 2 aromatic rings. The van der Waals surface area contributed by atoms with Crippen LogP contribution in [0.2, 0.25) is 0 Å². The van der Waals surface area contributed by atoms with Crippen LogP contribution in [0.3, 0.4) is 0 Å². The van der Waals surface area contributed by atoms with Crippen LogP contribution >= 0.6 is 24.0 Å². The highest BCUT2D eigenvalue weighted by Gasteiger charge is 2.19. The van der Waals surface area contributed by atoms with Crippen molar-refractivity contribution < 1.29 is 9.53 Å². The van der Waals surface area contributed by atoms with Crippen molar-refractivity contribution in [1.29, 1.82) is 0 Å². The van der Waals surface area contributed by atoms with E-state index in [0.29, 0.717) is 32.7 Å². The molecule has 2 N–H and O–H groups in total. The van der Waals surface area contributed by atoms with Gasteiger partial charge in [-0.1, -0.05) is 42.0 Å². The standard InChI is InChI=1S/C24H32N4O2.HI/c1-3-25-24(26-14-16-30-22-12-6-19(2)7-13-22)27-17-20-8-10-21(11-9-20)18-28-15-4-5-23(28)29;/h6-13H,3-5,14-18H2,1-2H3,(H2,25,26,27);1H. The Kier molecular flexibility index (Phi) is 10.6. The van der Waals surface area contributed by atoms with Gasteiger partial charge in [-0.2, -0.15) is 0 Å². The number of aliphatic imine (C=N–C) groups is 1. The second-order valence-corrected chi connectivity index (χ2v) is 7.52. The zero-order valence-electron chi connectivity index (χ0n) is 18.4. The van der Waals surface area contributed by atoms with Gasteiger partial charge in [0, 0.05) is 26.1 Å². The fraction of sp³-hybridized carbons (Fsp3) is 0.417. The van der Waals surface area contributed by atoms with Crippen LogP contribution in [0.1, 0.15) is 36.5 Å². The lowest BCUT2D eigenvalue weighted by Crippen LogP contribution is -2.39. The Balaban J connectivity index is 0.00000341. The van der Waals surface area contributed by atoms with Gasteiger partial charge in [-0.15, -0.1) is 24.0 Å². The third-order valence-electron chi connectivity index (χ3n) is 5.02. The summed E-state index contributed by atoms with van der Waals surface area (Å²) in [5.41, 5.74) is 3.52. The molecule has 0 bridgehead atoms. The van der Waals surface area contributed by atoms with E-state index in [1.807, 2.05) is 29.2 Å². The molecule has 0 aromatic heterocycles. The molecule has 0 atom stereocenters. The van der Waals surface area contributed by atoms with Gasteiger partial charge in [0.15, 0.2) is 5.96 Å². The summed E-state index contributed by atoms with van der Waals surface area (Å²) in [5.74, 6) is 1.91. The molecule has 0 spiro atoms. The molecule has 0 aliphatic carbocycles. The van der Waals surface area contributed by atoms with Gasteiger partial charge in [0.2, 0.25) is 5.91 Å². The number of amides is 1. The fourth-order valence-electron chi connectivity index (χ4n) is 3.33. The van der Waals surface area contributed by atoms with Crippen molar-refractivity contribution in [3.63, 3.8) is 0 Å². The highest BCUT2D eigenvalue weighted by Crippen LogP contribution is 2.15. The van der Waals surface area contributed by atoms with Crippen LogP contribution in [-0.2, 0) is 17.9 Å². The van der Waals surface area contributed by atoms with Crippen LogP contribution in [0.4, 0.5) is 0 Å². The number of hydrogen-bond donors (Lipinski definition) is 2. The molecule has 1 amide bonds. The number of ether oxygens (including phenoxy) is 1. The topological polar surface area (TPSA) is 66.0 Å². The van der Waals surface area contributed by atoms with Gasteiger partial charge in [-0.05, 0) is 43.5 Å². The lowest BCUT2D eigenvalue weighted by atomic mass is 10.1. The van der Waals surface area contributed by atoms with Crippen LogP contribution in [0, 0.1) is 6.92 Å². The van der Waals surface area contributed by atoms with E-state index < -0.39 is 0 Å². The molecular weight excluding hydrogens is 503 g/mol. The molecular formula is C24H33IN4O2. The Hall–Kier alpha value is -2.29. The predicted octanol–water partition coefficient (Wildman–Crippen LogP) is 3.87. The van der Waals surface area contributed by atoms with Gasteiger partial charge in [0.1, 0.15) is 12.4 Å². The number of hydrogen-bond acceptors (Lipinski definition) is 3. The Morgan fingerprint density at radius 2 is 1.77 bits per heavy atom. The van der Waals surface area contributed by atoms with Crippen molar-refractivity contribution in [1.82, 2.24) is 15.5 Å². The van der Waals surface area contributed by atoms with Crippen molar-refractivity contribution >= 4 is 35.8 Å². The van der Waals surface area contributed by atoms with E-state index in [4.69, 9.17) is 4.74 Å². The van der Waals surface area contributed by atoms with Crippen LogP contribution < -0.4 is 15.4 Å². The van der Waals surface area contributed by atoms with Crippen LogP contribution in [-0.4, -0.2) is 43.0 Å². The van der Waals surface area contributed by atoms with Gasteiger partial charge in [-0.25, -0.2) is 4.99 Å². The fourth-order valence-corrected chi connectivity index (χ4v) is 3.33. The average Bonchev–Trinajstić information content (AvgIpc) is 3.16. The number of benzene rings is 2. The van der Waals surface area contributed by atoms with Crippen molar-refractivity contribution in [2.45, 2.75) is 39.8 Å². The number of aryl methyl sites for hydroxylation is 1. The number of nitrogens with zero attached hydrogens (tertiary/aromatic N) is 2. The summed E-state index contributed by atoms with van der Waals surface area (Å²) in [7, 11) is 0. The minimum atomic E-state index is 0. The number of guanidine groups is 1. The summed E-state index contributed by atoms with van der Waals surface area (Å²) in [6.45, 7) is 8.31. The number of halogens is 1. The molecule has 0 radical (unpaired) electrons. The second kappa shape index (κ2) is 13.2. The third kappa shape index (κ3) is 8.40. The molecule has 0 saturated carbocycles. The minimum absolute atomic E-state index is 0. The molecule has 31 heavy (non-hydrogen) atoms. The predicted molar refractivity (Wildman–Crippen MR) is 136 cm³/mol. The van der Waals surface area contributed by atoms with E-state index in [1.54, 1.807) is 0 Å². The Bertz CT molecular complexity index is 838. The van der Waals surface area contributed by atoms with Gasteiger partial charge >= 0.3 is 0 Å². The first-order chi connectivity index (χ1) is 14.6. The molecule has 7 heteroatoms. The van der Waals surface area contributed by atoms with Crippen LogP contribution in [0.5, 0.6) is 5.75 Å². The van der Waals surface area contributed by atoms with E-state index in [-0.39, 0.29) is 29.9 Å². The minimum Gasteiger partial charge on any atom is -0.492 e. The maximum atomic E-state index is 11.8. The quantitative estimate of drug-likeness (QED) is 0.221. The first-order valence-electron chi connectivity index (χ1n) is 10.7. The highest BCUT2D eigenvalue weighted by atomic mass is 127. The van der Waals surface area contributed by atoms with Gasteiger partial charge in [0.05, 0.1) is 13.1 Å². The molecule has 0 unspecified atom stereocenters. The van der Waals surface area contributed by atoms with Gasteiger partial charge < -0.3 is 20.3 Å². The monoisotopic (exact) mass is 536 g/mol. The van der Waals surface area contributed by atoms with Crippen molar-refractivity contribution in [3.05, 3.63) is 65.2 Å². The molecule has 1 fully saturated rings. The van der Waals surface area contributed by atoms with Crippen molar-refractivity contribution in [2.24, 2.45) is 4.99 Å². The van der Waals surface area contributed by atoms with Crippen molar-refractivity contribution in [2.75, 3.05) is 26.2 Å². The molecule has 1 saturated heterocycles. The van der Waals surface area contributed by atoms with E-state index in [2.05, 4.69) is 53.7 Å². The SMILES string of the molecule is CCNC(=NCc1ccc(CN2CCCC2=O)cc1)NCCOc1ccc(C)cc1.I. The molecule has 6 nitrogen and oxygen atoms in total. The largest absolute Gasteiger partial charge is 0.492 e. The Morgan fingerprint density at radius 1 is 1.06 bits per heavy atom. The van der Waals surface area contributed by atoms with E-state index in [1.165, 1.54) is 5.56 Å². The number of rotatable bonds is 9. The Morgan fingerprint density at radius 3 is 2.42 bits per heavy atom. The van der Waals surface area contributed by atoms with E-state index in [9.17, 15) is 4.79 Å². The third-order valence-corrected chi connectivity index (χ3v) is 5.02. The molecule has 1 heterocycles. The van der Waals surface area contributed by atoms with Crippen LogP contribution in [0.15, 0.2) is 53.5 Å². The lowest BCUT2D eigenvalue weighted by Gasteiger charge is -2.15. The molecule has 2 aromatic carbocycles. The van der Waals surface area contributed by atoms with Gasteiger partial charge in [-0.3, -0.25) is 4.79 Å². The van der Waals surface area contributed by atoms with E-state index >= 15 is 0 Å². The van der Waals surface area contributed by atoms with Crippen molar-refractivity contribution in [3.8, 4) is 5.75 Å². The maximum absolute atomic E-state index is 11.8. The smallest absolute Gasteiger partial charge is 0.222 e. The highest BCUT2D eigenvalue weighted by molar-refractivity contribution is 14.0. The zero-order chi connectivity index (χ0) is 21.2. The number of likely N-dealkylation sites (tertiary alicyclic amines) is 1. The van der Waals surface area contributed by atoms with Gasteiger partial charge in [0.25, 0.3) is 0 Å². The maximum Gasteiger partial charge on any atom is 0.222 e. The number of carbonyl (C=O) groups is 1. The second-order valence-electron chi connectivity index (χ2n) is 7.52. The summed E-state index contributed by atoms with van der Waals surface area (Å²) in [4.78, 5) is 18.4. The van der Waals surface area contributed by atoms with Crippen LogP contribution in [0.25, 0.3) is 0 Å². The number of nitrogens with one attached hydrogen (secondary N) is 2. The first-order valence-corrected chi connectivity index (χ1v) is 10.7. The normalized spacial score (nSPS) is 13.7. The summed E-state index contributed by atoms with van der Waals surface area (Å²) < 4.78 is 5.75. The summed E-state index contributed by atoms with van der Waals surface area (Å²) in [6.07, 6.45) is 1.66. The summed E-state index contributed by atoms with van der Waals surface area (Å²) in [6, 6.07) is 16.4. The average molecular weight is 536 g/mol. The zero-order valence-corrected chi connectivity index (χ0v) is 20.7. The Labute approximate surface area is 202 Å². The molecule has 168 valence electrons. The summed E-state index contributed by atoms with van der Waals surface area (Å²) in [5, 5.41) is 6.57.